The number of carboxylic acids is 1. The van der Waals surface area contributed by atoms with Crippen molar-refractivity contribution in [2.75, 3.05) is 39.2 Å². The second-order valence-corrected chi connectivity index (χ2v) is 6.83. The molecule has 0 aromatic heterocycles. The van der Waals surface area contributed by atoms with E-state index in [-0.39, 0.29) is 24.3 Å². The number of phenolic OH excluding ortho intramolecular Hbond substituents is 1. The number of aliphatic carboxylic acids is 1. The van der Waals surface area contributed by atoms with Crippen molar-refractivity contribution < 1.29 is 29.6 Å². The summed E-state index contributed by atoms with van der Waals surface area (Å²) < 4.78 is 10.6. The van der Waals surface area contributed by atoms with E-state index in [2.05, 4.69) is 0 Å². The Balaban J connectivity index is 2.01. The monoisotopic (exact) mass is 357 g/mol. The van der Waals surface area contributed by atoms with Crippen LogP contribution in [0.5, 0.6) is 11.5 Å². The molecule has 1 unspecified atom stereocenters. The molecule has 2 rings (SSSR count). The van der Waals surface area contributed by atoms with Crippen LogP contribution in [0.1, 0.15) is 17.9 Å². The highest BCUT2D eigenvalue weighted by Gasteiger charge is 2.48. The van der Waals surface area contributed by atoms with Crippen molar-refractivity contribution in [2.45, 2.75) is 17.8 Å². The summed E-state index contributed by atoms with van der Waals surface area (Å²) in [5.41, 5.74) is -0.294. The predicted molar refractivity (Wildman–Crippen MR) is 90.5 cm³/mol. The van der Waals surface area contributed by atoms with E-state index in [0.717, 1.165) is 0 Å². The van der Waals surface area contributed by atoms with Gasteiger partial charge in [0.15, 0.2) is 0 Å². The maximum absolute atomic E-state index is 11.5. The van der Waals surface area contributed by atoms with E-state index in [1.54, 1.807) is 31.0 Å². The van der Waals surface area contributed by atoms with Crippen LogP contribution in [0.25, 0.3) is 0 Å². The molecule has 1 heterocycles. The summed E-state index contributed by atoms with van der Waals surface area (Å²) >= 11 is 1.49. The molecular weight excluding hydrogens is 334 g/mol. The fraction of sp³-hybridized carbons (Fsp3) is 0.562. The maximum atomic E-state index is 11.5. The molecule has 0 spiro atoms. The second-order valence-electron chi connectivity index (χ2n) is 5.76. The van der Waals surface area contributed by atoms with Crippen LogP contribution < -0.4 is 4.74 Å². The first-order valence-electron chi connectivity index (χ1n) is 7.62. The number of benzene rings is 1. The van der Waals surface area contributed by atoms with E-state index < -0.39 is 11.5 Å². The third-order valence-electron chi connectivity index (χ3n) is 4.11. The first kappa shape index (κ1) is 18.9. The SMILES string of the molecule is CN1C(c2ccc(OCCOCCO)cc2O)SC[C@]1(C)C(=O)O. The summed E-state index contributed by atoms with van der Waals surface area (Å²) in [6, 6.07) is 5.01. The molecule has 7 nitrogen and oxygen atoms in total. The average molecular weight is 357 g/mol. The minimum atomic E-state index is -0.957. The smallest absolute Gasteiger partial charge is 0.324 e. The van der Waals surface area contributed by atoms with Gasteiger partial charge in [0.1, 0.15) is 23.6 Å². The van der Waals surface area contributed by atoms with Crippen molar-refractivity contribution in [3.63, 3.8) is 0 Å². The van der Waals surface area contributed by atoms with Crippen molar-refractivity contribution in [1.29, 1.82) is 0 Å². The van der Waals surface area contributed by atoms with Gasteiger partial charge in [-0.25, -0.2) is 0 Å². The van der Waals surface area contributed by atoms with Crippen LogP contribution in [0.15, 0.2) is 18.2 Å². The fourth-order valence-electron chi connectivity index (χ4n) is 2.43. The van der Waals surface area contributed by atoms with E-state index in [0.29, 0.717) is 30.3 Å². The first-order chi connectivity index (χ1) is 11.4. The quantitative estimate of drug-likeness (QED) is 0.599. The lowest BCUT2D eigenvalue weighted by atomic mass is 10.0. The number of nitrogens with zero attached hydrogens (tertiary/aromatic N) is 1. The van der Waals surface area contributed by atoms with Crippen molar-refractivity contribution >= 4 is 17.7 Å². The molecule has 8 heteroatoms. The van der Waals surface area contributed by atoms with Crippen LogP contribution in [-0.4, -0.2) is 71.0 Å². The summed E-state index contributed by atoms with van der Waals surface area (Å²) in [5.74, 6) is 0.157. The van der Waals surface area contributed by atoms with Crippen LogP contribution in [0.3, 0.4) is 0 Å². The van der Waals surface area contributed by atoms with Gasteiger partial charge in [-0.3, -0.25) is 9.69 Å². The molecule has 1 aliphatic rings. The second kappa shape index (κ2) is 8.06. The molecule has 24 heavy (non-hydrogen) atoms. The number of hydrogen-bond acceptors (Lipinski definition) is 7. The molecule has 0 saturated carbocycles. The lowest BCUT2D eigenvalue weighted by Gasteiger charge is -2.30. The van der Waals surface area contributed by atoms with Gasteiger partial charge in [0, 0.05) is 17.4 Å². The number of likely N-dealkylation sites (N-methyl/N-ethyl adjacent to an activating group) is 1. The number of ether oxygens (including phenoxy) is 2. The first-order valence-corrected chi connectivity index (χ1v) is 8.67. The highest BCUT2D eigenvalue weighted by Crippen LogP contribution is 2.48. The van der Waals surface area contributed by atoms with Gasteiger partial charge >= 0.3 is 5.97 Å². The number of phenols is 1. The molecule has 1 aromatic rings. The number of carbonyl (C=O) groups is 1. The Labute approximate surface area is 145 Å². The van der Waals surface area contributed by atoms with Gasteiger partial charge in [-0.05, 0) is 26.1 Å². The molecule has 1 fully saturated rings. The van der Waals surface area contributed by atoms with Crippen molar-refractivity contribution in [3.05, 3.63) is 23.8 Å². The number of aliphatic hydroxyl groups excluding tert-OH is 1. The van der Waals surface area contributed by atoms with E-state index in [4.69, 9.17) is 14.6 Å². The number of rotatable bonds is 8. The number of hydrogen-bond donors (Lipinski definition) is 3. The van der Waals surface area contributed by atoms with Gasteiger partial charge in [0.2, 0.25) is 0 Å². The number of aromatic hydroxyl groups is 1. The summed E-state index contributed by atoms with van der Waals surface area (Å²) in [5, 5.41) is 28.1. The maximum Gasteiger partial charge on any atom is 0.324 e. The lowest BCUT2D eigenvalue weighted by molar-refractivity contribution is -0.147. The van der Waals surface area contributed by atoms with Crippen molar-refractivity contribution in [1.82, 2.24) is 4.90 Å². The highest BCUT2D eigenvalue weighted by atomic mass is 32.2. The lowest BCUT2D eigenvalue weighted by Crippen LogP contribution is -2.48. The summed E-state index contributed by atoms with van der Waals surface area (Å²) in [7, 11) is 1.75. The summed E-state index contributed by atoms with van der Waals surface area (Å²) in [4.78, 5) is 13.2. The number of aliphatic hydroxyl groups is 1. The molecule has 3 N–H and O–H groups in total. The van der Waals surface area contributed by atoms with Crippen LogP contribution in [0.4, 0.5) is 0 Å². The molecule has 0 aliphatic carbocycles. The molecule has 2 atom stereocenters. The Bertz CT molecular complexity index is 584. The molecule has 1 aromatic carbocycles. The zero-order valence-electron chi connectivity index (χ0n) is 13.8. The zero-order valence-corrected chi connectivity index (χ0v) is 14.6. The summed E-state index contributed by atoms with van der Waals surface area (Å²) in [6.45, 7) is 2.58. The Kier molecular flexibility index (Phi) is 6.34. The Morgan fingerprint density at radius 2 is 2.17 bits per heavy atom. The zero-order chi connectivity index (χ0) is 17.7. The summed E-state index contributed by atoms with van der Waals surface area (Å²) in [6.07, 6.45) is 0. The van der Waals surface area contributed by atoms with E-state index >= 15 is 0 Å². The molecule has 0 amide bonds. The fourth-order valence-corrected chi connectivity index (χ4v) is 4.08. The molecule has 134 valence electrons. The van der Waals surface area contributed by atoms with E-state index in [1.807, 2.05) is 0 Å². The molecule has 0 bridgehead atoms. The van der Waals surface area contributed by atoms with E-state index in [1.165, 1.54) is 17.8 Å². The van der Waals surface area contributed by atoms with Gasteiger partial charge in [-0.15, -0.1) is 11.8 Å². The van der Waals surface area contributed by atoms with Crippen molar-refractivity contribution in [3.8, 4) is 11.5 Å². The Morgan fingerprint density at radius 1 is 1.42 bits per heavy atom. The standard InChI is InChI=1S/C16H23NO6S/c1-16(15(20)21)10-24-14(17(16)2)12-4-3-11(9-13(12)19)23-8-7-22-6-5-18/h3-4,9,14,18-19H,5-8,10H2,1-2H3,(H,20,21)/t14?,16-/m1/s1. The molecule has 1 saturated heterocycles. The topological polar surface area (TPSA) is 99.5 Å². The number of carboxylic acid groups (broad SMARTS) is 1. The van der Waals surface area contributed by atoms with Gasteiger partial charge < -0.3 is 24.8 Å². The van der Waals surface area contributed by atoms with Gasteiger partial charge in [0.05, 0.1) is 25.2 Å². The third kappa shape index (κ3) is 3.94. The molecule has 1 aliphatic heterocycles. The van der Waals surface area contributed by atoms with Crippen LogP contribution in [0, 0.1) is 0 Å². The predicted octanol–water partition coefficient (Wildman–Crippen LogP) is 1.30. The largest absolute Gasteiger partial charge is 0.507 e. The number of thioether (sulfide) groups is 1. The van der Waals surface area contributed by atoms with E-state index in [9.17, 15) is 15.0 Å². The minimum absolute atomic E-state index is 0.0304. The van der Waals surface area contributed by atoms with Crippen LogP contribution in [0.2, 0.25) is 0 Å². The average Bonchev–Trinajstić information content (AvgIpc) is 2.85. The van der Waals surface area contributed by atoms with Crippen molar-refractivity contribution in [2.24, 2.45) is 0 Å². The van der Waals surface area contributed by atoms with Gasteiger partial charge in [-0.1, -0.05) is 0 Å². The Morgan fingerprint density at radius 3 is 2.75 bits per heavy atom. The van der Waals surface area contributed by atoms with Gasteiger partial charge in [0.25, 0.3) is 0 Å². The Hall–Kier alpha value is -1.48. The van der Waals surface area contributed by atoms with Crippen LogP contribution >= 0.6 is 11.8 Å². The highest BCUT2D eigenvalue weighted by molar-refractivity contribution is 7.99. The third-order valence-corrected chi connectivity index (χ3v) is 5.73. The normalized spacial score (nSPS) is 24.2. The minimum Gasteiger partial charge on any atom is -0.507 e. The molecular formula is C16H23NO6S. The van der Waals surface area contributed by atoms with Crippen LogP contribution in [-0.2, 0) is 9.53 Å². The van der Waals surface area contributed by atoms with Gasteiger partial charge in [-0.2, -0.15) is 0 Å². The molecule has 0 radical (unpaired) electrons.